The second-order valence-electron chi connectivity index (χ2n) is 2.72. The highest BCUT2D eigenvalue weighted by Crippen LogP contribution is 2.06. The number of hydrogen-bond acceptors (Lipinski definition) is 4. The Bertz CT molecular complexity index is 218. The Morgan fingerprint density at radius 3 is 2.58 bits per heavy atom. The van der Waals surface area contributed by atoms with Crippen LogP contribution in [0.2, 0.25) is 0 Å². The van der Waals surface area contributed by atoms with Crippen molar-refractivity contribution in [3.05, 3.63) is 0 Å². The molecule has 6 heteroatoms. The van der Waals surface area contributed by atoms with Crippen LogP contribution in [0.4, 0.5) is 4.79 Å². The van der Waals surface area contributed by atoms with Crippen molar-refractivity contribution in [2.24, 2.45) is 5.73 Å². The molecule has 3 amide bonds. The average Bonchev–Trinajstić information content (AvgIpc) is 2.28. The maximum absolute atomic E-state index is 11.2. The molecule has 0 spiro atoms. The Balaban J connectivity index is 2.78. The number of carbonyl (C=O) groups excluding carboxylic acids is 2. The standard InChI is InChI=1S/C6H12N4O2/c1-8-3-6(2-7)4(11)9-5(12)10-6/h8H,2-3,7H2,1H3,(H2,9,10,11,12). The Hall–Kier alpha value is -1.14. The molecule has 0 aromatic rings. The summed E-state index contributed by atoms with van der Waals surface area (Å²) in [5.41, 5.74) is 4.43. The molecule has 0 aromatic heterocycles. The van der Waals surface area contributed by atoms with Gasteiger partial charge in [0.15, 0.2) is 0 Å². The third-order valence-corrected chi connectivity index (χ3v) is 1.84. The summed E-state index contributed by atoms with van der Waals surface area (Å²) in [6.07, 6.45) is 0. The number of amides is 3. The van der Waals surface area contributed by atoms with Crippen LogP contribution in [0, 0.1) is 0 Å². The van der Waals surface area contributed by atoms with E-state index in [0.717, 1.165) is 0 Å². The molecule has 0 bridgehead atoms. The van der Waals surface area contributed by atoms with Gasteiger partial charge in [0.05, 0.1) is 0 Å². The predicted molar refractivity (Wildman–Crippen MR) is 42.4 cm³/mol. The van der Waals surface area contributed by atoms with Gasteiger partial charge in [-0.05, 0) is 7.05 Å². The van der Waals surface area contributed by atoms with Crippen LogP contribution in [0.3, 0.4) is 0 Å². The van der Waals surface area contributed by atoms with E-state index in [9.17, 15) is 9.59 Å². The largest absolute Gasteiger partial charge is 0.328 e. The van der Waals surface area contributed by atoms with Crippen LogP contribution in [-0.4, -0.2) is 37.6 Å². The van der Waals surface area contributed by atoms with E-state index in [-0.39, 0.29) is 12.5 Å². The molecular formula is C6H12N4O2. The highest BCUT2D eigenvalue weighted by Gasteiger charge is 2.44. The van der Waals surface area contributed by atoms with Crippen LogP contribution in [0.5, 0.6) is 0 Å². The van der Waals surface area contributed by atoms with Gasteiger partial charge in [0.2, 0.25) is 0 Å². The molecule has 6 nitrogen and oxygen atoms in total. The first-order valence-electron chi connectivity index (χ1n) is 3.63. The van der Waals surface area contributed by atoms with Crippen molar-refractivity contribution in [1.29, 1.82) is 0 Å². The summed E-state index contributed by atoms with van der Waals surface area (Å²) in [4.78, 5) is 22.0. The van der Waals surface area contributed by atoms with E-state index in [1.165, 1.54) is 0 Å². The zero-order valence-corrected chi connectivity index (χ0v) is 6.81. The number of nitrogens with one attached hydrogen (secondary N) is 3. The van der Waals surface area contributed by atoms with E-state index in [2.05, 4.69) is 16.0 Å². The van der Waals surface area contributed by atoms with E-state index in [1.54, 1.807) is 7.05 Å². The van der Waals surface area contributed by atoms with Crippen molar-refractivity contribution in [3.63, 3.8) is 0 Å². The van der Waals surface area contributed by atoms with E-state index < -0.39 is 11.6 Å². The summed E-state index contributed by atoms with van der Waals surface area (Å²) in [5.74, 6) is -0.371. The van der Waals surface area contributed by atoms with Gasteiger partial charge < -0.3 is 16.4 Å². The smallest absolute Gasteiger partial charge is 0.322 e. The van der Waals surface area contributed by atoms with E-state index in [4.69, 9.17) is 5.73 Å². The number of rotatable bonds is 3. The molecule has 0 aromatic carbocycles. The van der Waals surface area contributed by atoms with Crippen molar-refractivity contribution in [2.45, 2.75) is 5.54 Å². The van der Waals surface area contributed by atoms with Gasteiger partial charge in [-0.15, -0.1) is 0 Å². The van der Waals surface area contributed by atoms with Gasteiger partial charge in [-0.1, -0.05) is 0 Å². The molecule has 12 heavy (non-hydrogen) atoms. The zero-order chi connectivity index (χ0) is 9.19. The third-order valence-electron chi connectivity index (χ3n) is 1.84. The fraction of sp³-hybridized carbons (Fsp3) is 0.667. The number of imide groups is 1. The second-order valence-corrected chi connectivity index (χ2v) is 2.72. The number of hydrogen-bond donors (Lipinski definition) is 4. The van der Waals surface area contributed by atoms with Gasteiger partial charge in [-0.3, -0.25) is 10.1 Å². The minimum atomic E-state index is -0.966. The normalized spacial score (nSPS) is 28.5. The summed E-state index contributed by atoms with van der Waals surface area (Å²) in [5, 5.41) is 7.41. The van der Waals surface area contributed by atoms with Crippen molar-refractivity contribution in [3.8, 4) is 0 Å². The van der Waals surface area contributed by atoms with E-state index in [1.807, 2.05) is 0 Å². The molecule has 1 unspecified atom stereocenters. The maximum Gasteiger partial charge on any atom is 0.322 e. The van der Waals surface area contributed by atoms with Crippen LogP contribution < -0.4 is 21.7 Å². The first kappa shape index (κ1) is 8.95. The molecule has 1 atom stereocenters. The van der Waals surface area contributed by atoms with E-state index in [0.29, 0.717) is 6.54 Å². The maximum atomic E-state index is 11.2. The highest BCUT2D eigenvalue weighted by atomic mass is 16.2. The summed E-state index contributed by atoms with van der Waals surface area (Å²) >= 11 is 0. The lowest BCUT2D eigenvalue weighted by molar-refractivity contribution is -0.123. The van der Waals surface area contributed by atoms with Gasteiger partial charge in [0.1, 0.15) is 5.54 Å². The molecular weight excluding hydrogens is 160 g/mol. The number of urea groups is 1. The summed E-state index contributed by atoms with van der Waals surface area (Å²) < 4.78 is 0. The minimum Gasteiger partial charge on any atom is -0.328 e. The minimum absolute atomic E-state index is 0.0887. The average molecular weight is 172 g/mol. The lowest BCUT2D eigenvalue weighted by Crippen LogP contribution is -2.58. The van der Waals surface area contributed by atoms with Crippen LogP contribution in [0.1, 0.15) is 0 Å². The second kappa shape index (κ2) is 3.08. The molecule has 1 saturated heterocycles. The van der Waals surface area contributed by atoms with Crippen molar-refractivity contribution >= 4 is 11.9 Å². The fourth-order valence-electron chi connectivity index (χ4n) is 1.17. The molecule has 1 heterocycles. The lowest BCUT2D eigenvalue weighted by atomic mass is 10.0. The first-order chi connectivity index (χ1) is 5.64. The summed E-state index contributed by atoms with van der Waals surface area (Å²) in [6.45, 7) is 0.423. The molecule has 0 aliphatic carbocycles. The predicted octanol–water partition coefficient (Wildman–Crippen LogP) is -2.26. The quantitative estimate of drug-likeness (QED) is 0.361. The van der Waals surface area contributed by atoms with Gasteiger partial charge in [-0.25, -0.2) is 4.79 Å². The van der Waals surface area contributed by atoms with Gasteiger partial charge in [-0.2, -0.15) is 0 Å². The van der Waals surface area contributed by atoms with Crippen LogP contribution >= 0.6 is 0 Å². The van der Waals surface area contributed by atoms with Gasteiger partial charge in [0.25, 0.3) is 5.91 Å². The number of carbonyl (C=O) groups is 2. The Morgan fingerprint density at radius 1 is 1.58 bits per heavy atom. The summed E-state index contributed by atoms with van der Waals surface area (Å²) in [7, 11) is 1.69. The Kier molecular flexibility index (Phi) is 2.30. The topological polar surface area (TPSA) is 96.2 Å². The molecule has 1 aliphatic rings. The van der Waals surface area contributed by atoms with Crippen LogP contribution in [0.15, 0.2) is 0 Å². The SMILES string of the molecule is CNCC1(CN)NC(=O)NC1=O. The summed E-state index contributed by atoms with van der Waals surface area (Å²) in [6, 6.07) is -0.485. The number of nitrogens with two attached hydrogens (primary N) is 1. The first-order valence-corrected chi connectivity index (χ1v) is 3.63. The molecule has 1 fully saturated rings. The molecule has 0 saturated carbocycles. The Labute approximate surface area is 69.9 Å². The number of likely N-dealkylation sites (N-methyl/N-ethyl adjacent to an activating group) is 1. The van der Waals surface area contributed by atoms with Gasteiger partial charge >= 0.3 is 6.03 Å². The van der Waals surface area contributed by atoms with Crippen LogP contribution in [-0.2, 0) is 4.79 Å². The Morgan fingerprint density at radius 2 is 2.25 bits per heavy atom. The van der Waals surface area contributed by atoms with Crippen molar-refractivity contribution in [1.82, 2.24) is 16.0 Å². The zero-order valence-electron chi connectivity index (χ0n) is 6.81. The third kappa shape index (κ3) is 1.26. The van der Waals surface area contributed by atoms with Crippen LogP contribution in [0.25, 0.3) is 0 Å². The molecule has 68 valence electrons. The molecule has 5 N–H and O–H groups in total. The molecule has 1 rings (SSSR count). The molecule has 0 radical (unpaired) electrons. The van der Waals surface area contributed by atoms with Crippen molar-refractivity contribution in [2.75, 3.05) is 20.1 Å². The fourth-order valence-corrected chi connectivity index (χ4v) is 1.17. The lowest BCUT2D eigenvalue weighted by Gasteiger charge is -2.22. The molecule has 1 aliphatic heterocycles. The monoisotopic (exact) mass is 172 g/mol. The highest BCUT2D eigenvalue weighted by molar-refractivity contribution is 6.07. The van der Waals surface area contributed by atoms with Gasteiger partial charge in [0, 0.05) is 13.1 Å². The van der Waals surface area contributed by atoms with Crippen molar-refractivity contribution < 1.29 is 9.59 Å². The van der Waals surface area contributed by atoms with E-state index >= 15 is 0 Å².